The van der Waals surface area contributed by atoms with E-state index in [1.54, 1.807) is 0 Å². The Hall–Kier alpha value is -1.14. The highest BCUT2D eigenvalue weighted by molar-refractivity contribution is 6.83. The summed E-state index contributed by atoms with van der Waals surface area (Å²) in [6, 6.07) is 0. The van der Waals surface area contributed by atoms with Crippen molar-refractivity contribution in [1.29, 1.82) is 0 Å². The molecule has 0 bridgehead atoms. The van der Waals surface area contributed by atoms with Gasteiger partial charge in [0, 0.05) is 0 Å². The molecule has 74 valence electrons. The van der Waals surface area contributed by atoms with Crippen LogP contribution in [-0.4, -0.2) is 19.8 Å². The maximum Gasteiger partial charge on any atom is 0.129 e. The molecule has 0 aromatic heterocycles. The normalized spacial score (nSPS) is 8.57. The van der Waals surface area contributed by atoms with E-state index >= 15 is 0 Å². The second-order valence-corrected chi connectivity index (χ2v) is 8.52. The molecular weight excluding hydrogens is 188 g/mol. The van der Waals surface area contributed by atoms with Crippen molar-refractivity contribution in [2.24, 2.45) is 0 Å². The van der Waals surface area contributed by atoms with Gasteiger partial charge >= 0.3 is 0 Å². The minimum absolute atomic E-state index is 0.0862. The van der Waals surface area contributed by atoms with Crippen molar-refractivity contribution >= 4 is 8.07 Å². The van der Waals surface area contributed by atoms with Gasteiger partial charge in [-0.05, 0) is 0 Å². The lowest BCUT2D eigenvalue weighted by molar-refractivity contribution is 0.350. The summed E-state index contributed by atoms with van der Waals surface area (Å²) in [5.41, 5.74) is 3.23. The van der Waals surface area contributed by atoms with Crippen LogP contribution in [-0.2, 0) is 0 Å². The summed E-state index contributed by atoms with van der Waals surface area (Å²) in [7, 11) is -1.23. The Labute approximate surface area is 87.9 Å². The van der Waals surface area contributed by atoms with Crippen molar-refractivity contribution in [2.75, 3.05) is 6.61 Å². The topological polar surface area (TPSA) is 20.2 Å². The van der Waals surface area contributed by atoms with Gasteiger partial charge in [0.1, 0.15) is 14.7 Å². The average molecular weight is 204 g/mol. The first-order valence-corrected chi connectivity index (χ1v) is 8.08. The van der Waals surface area contributed by atoms with Crippen LogP contribution < -0.4 is 0 Å². The number of rotatable bonds is 0. The van der Waals surface area contributed by atoms with Crippen LogP contribution in [0.3, 0.4) is 0 Å². The minimum atomic E-state index is -1.23. The van der Waals surface area contributed by atoms with Crippen molar-refractivity contribution < 1.29 is 5.11 Å². The Balaban J connectivity index is 3.77. The van der Waals surface area contributed by atoms with Crippen molar-refractivity contribution in [2.45, 2.75) is 32.5 Å². The monoisotopic (exact) mass is 204 g/mol. The van der Waals surface area contributed by atoms with E-state index in [4.69, 9.17) is 5.11 Å². The fraction of sp³-hybridized carbons (Fsp3) is 0.500. The van der Waals surface area contributed by atoms with Gasteiger partial charge in [-0.1, -0.05) is 49.2 Å². The fourth-order valence-corrected chi connectivity index (χ4v) is 1.26. The molecule has 2 heteroatoms. The Kier molecular flexibility index (Phi) is 6.68. The third-order valence-electron chi connectivity index (χ3n) is 1.15. The molecule has 0 aromatic carbocycles. The first kappa shape index (κ1) is 12.9. The third kappa shape index (κ3) is 10.9. The second-order valence-electron chi connectivity index (χ2n) is 3.77. The third-order valence-corrected chi connectivity index (χ3v) is 2.07. The predicted molar refractivity (Wildman–Crippen MR) is 63.0 cm³/mol. The summed E-state index contributed by atoms with van der Waals surface area (Å²) in [5.74, 6) is 14.1. The molecular formula is C12H16OSi. The zero-order chi connectivity index (χ0) is 10.9. The van der Waals surface area contributed by atoms with E-state index in [-0.39, 0.29) is 6.61 Å². The van der Waals surface area contributed by atoms with E-state index in [1.165, 1.54) is 0 Å². The Morgan fingerprint density at radius 1 is 0.857 bits per heavy atom. The Bertz CT molecular complexity index is 330. The molecule has 0 aliphatic carbocycles. The number of hydrogen-bond acceptors (Lipinski definition) is 1. The minimum Gasteiger partial charge on any atom is -0.384 e. The molecule has 0 aliphatic heterocycles. The molecule has 0 aromatic rings. The molecule has 0 spiro atoms. The van der Waals surface area contributed by atoms with E-state index in [2.05, 4.69) is 54.8 Å². The lowest BCUT2D eigenvalue weighted by Crippen LogP contribution is -2.16. The van der Waals surface area contributed by atoms with Crippen LogP contribution in [0, 0.1) is 35.1 Å². The van der Waals surface area contributed by atoms with Crippen molar-refractivity contribution in [3.63, 3.8) is 0 Å². The fourth-order valence-electron chi connectivity index (χ4n) is 0.641. The zero-order valence-electron chi connectivity index (χ0n) is 9.07. The van der Waals surface area contributed by atoms with Gasteiger partial charge in [0.25, 0.3) is 0 Å². The van der Waals surface area contributed by atoms with E-state index in [9.17, 15) is 0 Å². The lowest BCUT2D eigenvalue weighted by Gasteiger charge is -2.02. The molecule has 1 nitrogen and oxygen atoms in total. The van der Waals surface area contributed by atoms with Gasteiger partial charge in [-0.15, -0.1) is 5.54 Å². The van der Waals surface area contributed by atoms with Gasteiger partial charge in [-0.2, -0.15) is 0 Å². The van der Waals surface area contributed by atoms with Crippen molar-refractivity contribution in [1.82, 2.24) is 0 Å². The molecule has 0 radical (unpaired) electrons. The first-order valence-electron chi connectivity index (χ1n) is 4.58. The number of hydrogen-bond donors (Lipinski definition) is 1. The molecule has 0 amide bonds. The highest BCUT2D eigenvalue weighted by atomic mass is 28.3. The van der Waals surface area contributed by atoms with Gasteiger partial charge < -0.3 is 5.11 Å². The van der Waals surface area contributed by atoms with Crippen LogP contribution in [0.4, 0.5) is 0 Å². The maximum atomic E-state index is 8.36. The quantitative estimate of drug-likeness (QED) is 0.470. The Morgan fingerprint density at radius 2 is 1.36 bits per heavy atom. The molecule has 0 atom stereocenters. The molecule has 0 saturated carbocycles. The highest BCUT2D eigenvalue weighted by Crippen LogP contribution is 1.96. The highest BCUT2D eigenvalue weighted by Gasteiger charge is 2.06. The van der Waals surface area contributed by atoms with Crippen LogP contribution in [0.2, 0.25) is 19.6 Å². The van der Waals surface area contributed by atoms with Gasteiger partial charge in [0.2, 0.25) is 0 Å². The van der Waals surface area contributed by atoms with E-state index in [0.29, 0.717) is 12.8 Å². The predicted octanol–water partition coefficient (Wildman–Crippen LogP) is 1.65. The largest absolute Gasteiger partial charge is 0.384 e. The van der Waals surface area contributed by atoms with E-state index < -0.39 is 8.07 Å². The summed E-state index contributed by atoms with van der Waals surface area (Å²) in [5, 5.41) is 8.36. The summed E-state index contributed by atoms with van der Waals surface area (Å²) >= 11 is 0. The van der Waals surface area contributed by atoms with Gasteiger partial charge in [-0.25, -0.2) is 0 Å². The maximum absolute atomic E-state index is 8.36. The molecule has 0 rings (SSSR count). The van der Waals surface area contributed by atoms with Gasteiger partial charge in [0.05, 0.1) is 12.8 Å². The molecule has 1 N–H and O–H groups in total. The summed E-state index contributed by atoms with van der Waals surface area (Å²) in [4.78, 5) is 0. The van der Waals surface area contributed by atoms with Crippen LogP contribution >= 0.6 is 0 Å². The summed E-state index contributed by atoms with van der Waals surface area (Å²) in [6.45, 7) is 6.54. The lowest BCUT2D eigenvalue weighted by atomic mass is 10.4. The van der Waals surface area contributed by atoms with Gasteiger partial charge in [-0.3, -0.25) is 0 Å². The standard InChI is InChI=1S/C12H16OSi/c1-14(2,3)12-10-8-6-4-5-7-9-11-13/h13H,5,8,11H2,1-3H3. The van der Waals surface area contributed by atoms with Crippen LogP contribution in [0.5, 0.6) is 0 Å². The van der Waals surface area contributed by atoms with Crippen LogP contribution in [0.1, 0.15) is 12.8 Å². The van der Waals surface area contributed by atoms with E-state index in [0.717, 1.165) is 0 Å². The molecule has 0 heterocycles. The molecule has 14 heavy (non-hydrogen) atoms. The smallest absolute Gasteiger partial charge is 0.129 e. The summed E-state index contributed by atoms with van der Waals surface area (Å²) in [6.07, 6.45) is 1.15. The molecule has 0 fully saturated rings. The molecule has 0 saturated heterocycles. The first-order chi connectivity index (χ1) is 6.56. The second kappa shape index (κ2) is 7.28. The summed E-state index contributed by atoms with van der Waals surface area (Å²) < 4.78 is 0. The SMILES string of the molecule is C[Si](C)(C)C#CCC#CCC#CCO. The van der Waals surface area contributed by atoms with Crippen molar-refractivity contribution in [3.8, 4) is 35.1 Å². The zero-order valence-corrected chi connectivity index (χ0v) is 10.1. The molecule has 0 aliphatic rings. The Morgan fingerprint density at radius 3 is 1.86 bits per heavy atom. The average Bonchev–Trinajstić information content (AvgIpc) is 2.08. The van der Waals surface area contributed by atoms with Crippen LogP contribution in [0.15, 0.2) is 0 Å². The number of aliphatic hydroxyl groups is 1. The number of aliphatic hydroxyl groups excluding tert-OH is 1. The van der Waals surface area contributed by atoms with Crippen molar-refractivity contribution in [3.05, 3.63) is 0 Å². The van der Waals surface area contributed by atoms with Crippen LogP contribution in [0.25, 0.3) is 0 Å². The molecule has 0 unspecified atom stereocenters. The van der Waals surface area contributed by atoms with E-state index in [1.807, 2.05) is 0 Å². The van der Waals surface area contributed by atoms with Gasteiger partial charge in [0.15, 0.2) is 0 Å².